The lowest BCUT2D eigenvalue weighted by Crippen LogP contribution is -2.48. The van der Waals surface area contributed by atoms with E-state index in [1.807, 2.05) is 19.9 Å². The zero-order valence-electron chi connectivity index (χ0n) is 17.5. The molecule has 1 N–H and O–H groups in total. The van der Waals surface area contributed by atoms with Crippen LogP contribution in [0.1, 0.15) is 66.4 Å². The lowest BCUT2D eigenvalue weighted by atomic mass is 9.83. The molecule has 5 heteroatoms. The Morgan fingerprint density at radius 3 is 2.27 bits per heavy atom. The maximum absolute atomic E-state index is 13.2. The Hall–Kier alpha value is -1.62. The van der Waals surface area contributed by atoms with E-state index in [9.17, 15) is 4.79 Å². The van der Waals surface area contributed by atoms with Gasteiger partial charge in [-0.05, 0) is 51.0 Å². The summed E-state index contributed by atoms with van der Waals surface area (Å²) in [6, 6.07) is 1.89. The molecule has 0 bridgehead atoms. The zero-order valence-corrected chi connectivity index (χ0v) is 17.5. The summed E-state index contributed by atoms with van der Waals surface area (Å²) >= 11 is 0. The summed E-state index contributed by atoms with van der Waals surface area (Å²) in [4.78, 5) is 17.5. The van der Waals surface area contributed by atoms with Gasteiger partial charge < -0.3 is 14.8 Å². The van der Waals surface area contributed by atoms with Crippen LogP contribution in [-0.2, 0) is 9.53 Å². The Labute approximate surface area is 158 Å². The Morgan fingerprint density at radius 1 is 1.19 bits per heavy atom. The molecule has 0 radical (unpaired) electrons. The molecular formula is C21H36N2O3. The molecule has 1 rings (SSSR count). The third-order valence-corrected chi connectivity index (χ3v) is 4.04. The van der Waals surface area contributed by atoms with Crippen molar-refractivity contribution >= 4 is 11.6 Å². The van der Waals surface area contributed by atoms with E-state index in [1.54, 1.807) is 6.20 Å². The third kappa shape index (κ3) is 6.60. The van der Waals surface area contributed by atoms with Crippen molar-refractivity contribution in [2.45, 2.75) is 73.3 Å². The molecule has 0 aliphatic heterocycles. The molecule has 0 aromatic carbocycles. The minimum absolute atomic E-state index is 0.0845. The number of nitrogens with one attached hydrogen (secondary N) is 1. The predicted octanol–water partition coefficient (Wildman–Crippen LogP) is 4.98. The van der Waals surface area contributed by atoms with Crippen LogP contribution in [0.3, 0.4) is 0 Å². The van der Waals surface area contributed by atoms with Gasteiger partial charge in [0.2, 0.25) is 5.88 Å². The van der Waals surface area contributed by atoms with Crippen molar-refractivity contribution in [3.05, 3.63) is 17.8 Å². The summed E-state index contributed by atoms with van der Waals surface area (Å²) < 4.78 is 11.6. The number of amides is 1. The van der Waals surface area contributed by atoms with Crippen LogP contribution in [0.25, 0.3) is 0 Å². The average molecular weight is 365 g/mol. The van der Waals surface area contributed by atoms with Gasteiger partial charge in [-0.2, -0.15) is 0 Å². The number of carbonyl (C=O) groups excluding carboxylic acids is 1. The topological polar surface area (TPSA) is 60.5 Å². The first kappa shape index (κ1) is 22.4. The van der Waals surface area contributed by atoms with Gasteiger partial charge in [0.1, 0.15) is 5.60 Å². The highest BCUT2D eigenvalue weighted by Crippen LogP contribution is 2.31. The van der Waals surface area contributed by atoms with Gasteiger partial charge in [-0.1, -0.05) is 34.6 Å². The smallest absolute Gasteiger partial charge is 0.256 e. The van der Waals surface area contributed by atoms with Crippen molar-refractivity contribution < 1.29 is 14.3 Å². The number of anilines is 1. The van der Waals surface area contributed by atoms with Crippen LogP contribution >= 0.6 is 0 Å². The first-order chi connectivity index (χ1) is 12.2. The fourth-order valence-corrected chi connectivity index (χ4v) is 3.23. The van der Waals surface area contributed by atoms with Gasteiger partial charge in [0.05, 0.1) is 18.5 Å². The zero-order chi connectivity index (χ0) is 19.7. The number of aromatic nitrogens is 1. The van der Waals surface area contributed by atoms with E-state index in [2.05, 4.69) is 44.9 Å². The second kappa shape index (κ2) is 10.5. The highest BCUT2D eigenvalue weighted by molar-refractivity contribution is 5.97. The van der Waals surface area contributed by atoms with Crippen molar-refractivity contribution in [3.8, 4) is 5.88 Å². The summed E-state index contributed by atoms with van der Waals surface area (Å²) in [5.41, 5.74) is 0.760. The molecule has 0 atom stereocenters. The molecule has 26 heavy (non-hydrogen) atoms. The van der Waals surface area contributed by atoms with Crippen LogP contribution in [0, 0.1) is 18.8 Å². The molecule has 1 aromatic heterocycles. The van der Waals surface area contributed by atoms with Gasteiger partial charge in [0, 0.05) is 12.2 Å². The number of hydrogen-bond donors (Lipinski definition) is 1. The van der Waals surface area contributed by atoms with Crippen LogP contribution < -0.4 is 10.1 Å². The van der Waals surface area contributed by atoms with Crippen molar-refractivity contribution in [1.82, 2.24) is 4.98 Å². The second-order valence-electron chi connectivity index (χ2n) is 7.77. The number of hydrogen-bond acceptors (Lipinski definition) is 4. The first-order valence-electron chi connectivity index (χ1n) is 9.78. The van der Waals surface area contributed by atoms with Gasteiger partial charge >= 0.3 is 0 Å². The highest BCUT2D eigenvalue weighted by atomic mass is 16.5. The van der Waals surface area contributed by atoms with Crippen LogP contribution in [0.5, 0.6) is 5.88 Å². The normalized spacial score (nSPS) is 11.9. The lowest BCUT2D eigenvalue weighted by molar-refractivity contribution is -0.147. The number of aryl methyl sites for hydroxylation is 1. The van der Waals surface area contributed by atoms with Crippen LogP contribution in [0.4, 0.5) is 5.69 Å². The molecule has 5 nitrogen and oxygen atoms in total. The monoisotopic (exact) mass is 364 g/mol. The number of rotatable bonds is 11. The highest BCUT2D eigenvalue weighted by Gasteiger charge is 2.40. The van der Waals surface area contributed by atoms with E-state index in [0.29, 0.717) is 49.5 Å². The van der Waals surface area contributed by atoms with Gasteiger partial charge in [0.15, 0.2) is 0 Å². The number of nitrogens with zero attached hydrogens (tertiary/aromatic N) is 1. The van der Waals surface area contributed by atoms with E-state index in [4.69, 9.17) is 9.47 Å². The number of carbonyl (C=O) groups is 1. The molecule has 1 aromatic rings. The maximum atomic E-state index is 13.2. The summed E-state index contributed by atoms with van der Waals surface area (Å²) in [5.74, 6) is 1.23. The second-order valence-corrected chi connectivity index (χ2v) is 7.77. The Kier molecular flexibility index (Phi) is 9.06. The molecule has 148 valence electrons. The van der Waals surface area contributed by atoms with Gasteiger partial charge in [-0.25, -0.2) is 4.98 Å². The fourth-order valence-electron chi connectivity index (χ4n) is 3.23. The van der Waals surface area contributed by atoms with Gasteiger partial charge in [-0.3, -0.25) is 4.79 Å². The molecule has 1 heterocycles. The van der Waals surface area contributed by atoms with Crippen molar-refractivity contribution in [1.29, 1.82) is 0 Å². The maximum Gasteiger partial charge on any atom is 0.256 e. The summed E-state index contributed by atoms with van der Waals surface area (Å²) in [6.07, 6.45) is 3.92. The fraction of sp³-hybridized carbons (Fsp3) is 0.714. The molecule has 0 aliphatic carbocycles. The minimum Gasteiger partial charge on any atom is -0.478 e. The SMILES string of the molecule is CCCOC(CC(C)C)(CC(C)C)C(=O)Nc1cnc(OCC)c(C)c1. The predicted molar refractivity (Wildman–Crippen MR) is 107 cm³/mol. The third-order valence-electron chi connectivity index (χ3n) is 4.04. The molecule has 0 spiro atoms. The minimum atomic E-state index is -0.815. The quantitative estimate of drug-likeness (QED) is 0.601. The van der Waals surface area contributed by atoms with Crippen molar-refractivity contribution in [2.75, 3.05) is 18.5 Å². The van der Waals surface area contributed by atoms with Crippen LogP contribution in [0.15, 0.2) is 12.3 Å². The van der Waals surface area contributed by atoms with E-state index in [1.165, 1.54) is 0 Å². The largest absolute Gasteiger partial charge is 0.478 e. The molecule has 0 saturated carbocycles. The Balaban J connectivity index is 3.07. The summed E-state index contributed by atoms with van der Waals surface area (Å²) in [7, 11) is 0. The van der Waals surface area contributed by atoms with E-state index >= 15 is 0 Å². The Morgan fingerprint density at radius 2 is 1.81 bits per heavy atom. The van der Waals surface area contributed by atoms with E-state index < -0.39 is 5.60 Å². The summed E-state index contributed by atoms with van der Waals surface area (Å²) in [6.45, 7) is 15.6. The van der Waals surface area contributed by atoms with Crippen LogP contribution in [-0.4, -0.2) is 29.7 Å². The molecule has 0 saturated heterocycles. The first-order valence-corrected chi connectivity index (χ1v) is 9.78. The molecule has 0 fully saturated rings. The standard InChI is InChI=1S/C21H36N2O3/c1-8-10-26-21(12-15(3)4,13-16(5)6)20(24)23-18-11-17(7)19(22-14-18)25-9-2/h11,14-16H,8-10,12-13H2,1-7H3,(H,23,24). The lowest BCUT2D eigenvalue weighted by Gasteiger charge is -2.35. The molecular weight excluding hydrogens is 328 g/mol. The van der Waals surface area contributed by atoms with E-state index in [-0.39, 0.29) is 5.91 Å². The Bertz CT molecular complexity index is 560. The molecule has 1 amide bonds. The van der Waals surface area contributed by atoms with Gasteiger partial charge in [-0.15, -0.1) is 0 Å². The molecule has 0 unspecified atom stereocenters. The van der Waals surface area contributed by atoms with Gasteiger partial charge in [0.25, 0.3) is 5.91 Å². The average Bonchev–Trinajstić information content (AvgIpc) is 2.54. The number of ether oxygens (including phenoxy) is 2. The summed E-state index contributed by atoms with van der Waals surface area (Å²) in [5, 5.41) is 3.03. The van der Waals surface area contributed by atoms with Crippen molar-refractivity contribution in [3.63, 3.8) is 0 Å². The molecule has 0 aliphatic rings. The number of pyridine rings is 1. The van der Waals surface area contributed by atoms with Crippen LogP contribution in [0.2, 0.25) is 0 Å². The van der Waals surface area contributed by atoms with E-state index in [0.717, 1.165) is 12.0 Å². The van der Waals surface area contributed by atoms with Crippen molar-refractivity contribution in [2.24, 2.45) is 11.8 Å².